The van der Waals surface area contributed by atoms with Crippen molar-refractivity contribution in [3.05, 3.63) is 53.7 Å². The van der Waals surface area contributed by atoms with Gasteiger partial charge in [-0.25, -0.2) is 0 Å². The van der Waals surface area contributed by atoms with Crippen LogP contribution in [0.15, 0.2) is 42.6 Å². The van der Waals surface area contributed by atoms with Gasteiger partial charge in [-0.3, -0.25) is 9.59 Å². The number of Topliss-reactive ketones (excluding diaryl/α,β-unsaturated/α-hetero) is 2. The summed E-state index contributed by atoms with van der Waals surface area (Å²) >= 11 is 0. The van der Waals surface area contributed by atoms with Crippen LogP contribution in [0, 0.1) is 0 Å². The van der Waals surface area contributed by atoms with E-state index in [9.17, 15) is 9.59 Å². The third kappa shape index (κ3) is 2.31. The van der Waals surface area contributed by atoms with Gasteiger partial charge in [0.15, 0.2) is 11.6 Å². The van der Waals surface area contributed by atoms with Crippen molar-refractivity contribution in [1.82, 2.24) is 4.40 Å². The Morgan fingerprint density at radius 1 is 1.09 bits per heavy atom. The minimum absolute atomic E-state index is 0.00391. The molecule has 1 aromatic carbocycles. The van der Waals surface area contributed by atoms with Gasteiger partial charge < -0.3 is 9.51 Å². The topological polar surface area (TPSA) is 58.8 Å². The molecule has 0 aliphatic carbocycles. The maximum Gasteiger partial charge on any atom is 0.165 e. The van der Waals surface area contributed by atoms with E-state index in [2.05, 4.69) is 0 Å². The number of nitrogens with zero attached hydrogens (tertiary/aromatic N) is 1. The molecule has 22 heavy (non-hydrogen) atoms. The van der Waals surface area contributed by atoms with Gasteiger partial charge in [0.2, 0.25) is 0 Å². The van der Waals surface area contributed by atoms with Crippen molar-refractivity contribution >= 4 is 28.0 Å². The lowest BCUT2D eigenvalue weighted by molar-refractivity contribution is 0.0973. The van der Waals surface area contributed by atoms with Crippen molar-refractivity contribution < 1.29 is 14.7 Å². The number of rotatable bonds is 5. The van der Waals surface area contributed by atoms with Crippen molar-refractivity contribution in [1.29, 1.82) is 0 Å². The molecule has 0 fully saturated rings. The fourth-order valence-corrected chi connectivity index (χ4v) is 2.80. The first-order valence-electron chi connectivity index (χ1n) is 7.31. The summed E-state index contributed by atoms with van der Waals surface area (Å²) in [5, 5.41) is 9.82. The van der Waals surface area contributed by atoms with Gasteiger partial charge in [-0.15, -0.1) is 0 Å². The lowest BCUT2D eigenvalue weighted by Gasteiger charge is -2.02. The van der Waals surface area contributed by atoms with E-state index in [0.717, 1.165) is 16.4 Å². The highest BCUT2D eigenvalue weighted by Crippen LogP contribution is 2.28. The smallest absolute Gasteiger partial charge is 0.165 e. The van der Waals surface area contributed by atoms with Crippen LogP contribution in [-0.4, -0.2) is 27.7 Å². The van der Waals surface area contributed by atoms with E-state index in [0.29, 0.717) is 24.0 Å². The maximum atomic E-state index is 12.5. The van der Waals surface area contributed by atoms with Gasteiger partial charge in [-0.2, -0.15) is 0 Å². The molecule has 2 heterocycles. The third-order valence-electron chi connectivity index (χ3n) is 3.88. The molecule has 4 heteroatoms. The molecule has 0 radical (unpaired) electrons. The van der Waals surface area contributed by atoms with Crippen LogP contribution < -0.4 is 0 Å². The molecular weight excluding hydrogens is 278 g/mol. The lowest BCUT2D eigenvalue weighted by Crippen LogP contribution is -2.01. The molecule has 112 valence electrons. The Hall–Kier alpha value is -2.46. The number of hydrogen-bond acceptors (Lipinski definition) is 3. The molecule has 4 nitrogen and oxygen atoms in total. The van der Waals surface area contributed by atoms with Gasteiger partial charge in [-0.05, 0) is 31.5 Å². The largest absolute Gasteiger partial charge is 0.396 e. The average molecular weight is 295 g/mol. The number of aliphatic hydroxyl groups is 1. The van der Waals surface area contributed by atoms with E-state index in [1.165, 1.54) is 6.92 Å². The van der Waals surface area contributed by atoms with Gasteiger partial charge in [0.1, 0.15) is 0 Å². The first kappa shape index (κ1) is 14.5. The van der Waals surface area contributed by atoms with Gasteiger partial charge in [0.05, 0.1) is 16.6 Å². The van der Waals surface area contributed by atoms with E-state index in [4.69, 9.17) is 5.11 Å². The van der Waals surface area contributed by atoms with E-state index in [1.807, 2.05) is 34.7 Å². The predicted octanol–water partition coefficient (Wildman–Crippen LogP) is 3.25. The number of para-hydroxylation sites is 1. The Morgan fingerprint density at radius 3 is 2.59 bits per heavy atom. The van der Waals surface area contributed by atoms with Crippen LogP contribution in [0.4, 0.5) is 0 Å². The Bertz CT molecular complexity index is 877. The number of benzene rings is 1. The molecule has 0 aliphatic rings. The fourth-order valence-electron chi connectivity index (χ4n) is 2.80. The molecule has 0 spiro atoms. The van der Waals surface area contributed by atoms with Crippen LogP contribution in [0.2, 0.25) is 0 Å². The van der Waals surface area contributed by atoms with Crippen molar-refractivity contribution in [2.75, 3.05) is 6.61 Å². The van der Waals surface area contributed by atoms with Crippen LogP contribution in [0.3, 0.4) is 0 Å². The minimum Gasteiger partial charge on any atom is -0.396 e. The Kier molecular flexibility index (Phi) is 3.77. The summed E-state index contributed by atoms with van der Waals surface area (Å²) < 4.78 is 1.90. The quantitative estimate of drug-likeness (QED) is 0.735. The van der Waals surface area contributed by atoms with E-state index >= 15 is 0 Å². The fraction of sp³-hybridized carbons (Fsp3) is 0.222. The first-order chi connectivity index (χ1) is 10.6. The Labute approximate surface area is 128 Å². The molecule has 0 amide bonds. The minimum atomic E-state index is -0.00663. The van der Waals surface area contributed by atoms with E-state index in [1.54, 1.807) is 12.3 Å². The zero-order valence-corrected chi connectivity index (χ0v) is 12.4. The van der Waals surface area contributed by atoms with Gasteiger partial charge >= 0.3 is 0 Å². The van der Waals surface area contributed by atoms with Crippen LogP contribution in [0.5, 0.6) is 0 Å². The van der Waals surface area contributed by atoms with Gasteiger partial charge in [0.25, 0.3) is 0 Å². The number of carbonyl (C=O) groups excluding carboxylic acids is 2. The van der Waals surface area contributed by atoms with Crippen LogP contribution in [0.25, 0.3) is 16.4 Å². The summed E-state index contributed by atoms with van der Waals surface area (Å²) in [5.74, 6) is 0.0103. The second-order valence-corrected chi connectivity index (χ2v) is 5.37. The summed E-state index contributed by atoms with van der Waals surface area (Å²) in [6.07, 6.45) is 2.55. The molecular formula is C18H17NO3. The summed E-state index contributed by atoms with van der Waals surface area (Å²) in [4.78, 5) is 24.1. The van der Waals surface area contributed by atoms with Crippen molar-refractivity contribution in [2.45, 2.75) is 19.8 Å². The highest BCUT2D eigenvalue weighted by molar-refractivity contribution is 6.15. The third-order valence-corrected chi connectivity index (χ3v) is 3.88. The molecule has 3 aromatic rings. The predicted molar refractivity (Wildman–Crippen MR) is 85.6 cm³/mol. The molecule has 0 atom stereocenters. The monoisotopic (exact) mass is 295 g/mol. The molecule has 0 saturated heterocycles. The second-order valence-electron chi connectivity index (χ2n) is 5.37. The zero-order valence-electron chi connectivity index (χ0n) is 12.4. The van der Waals surface area contributed by atoms with Gasteiger partial charge in [-0.1, -0.05) is 18.2 Å². The summed E-state index contributed by atoms with van der Waals surface area (Å²) in [7, 11) is 0. The van der Waals surface area contributed by atoms with Crippen LogP contribution in [0.1, 0.15) is 40.5 Å². The number of hydrogen-bond donors (Lipinski definition) is 1. The Morgan fingerprint density at radius 2 is 1.86 bits per heavy atom. The van der Waals surface area contributed by atoms with E-state index in [-0.39, 0.29) is 18.2 Å². The molecule has 2 aromatic heterocycles. The number of pyridine rings is 1. The number of fused-ring (bicyclic) bond motifs is 3. The SMILES string of the molecule is CC(=O)c1ccc2c(C(=O)CCCO)c3ccccc3n2c1. The molecule has 0 saturated carbocycles. The zero-order chi connectivity index (χ0) is 15.7. The first-order valence-corrected chi connectivity index (χ1v) is 7.31. The average Bonchev–Trinajstić information content (AvgIpc) is 2.86. The number of ketones is 2. The second kappa shape index (κ2) is 5.73. The summed E-state index contributed by atoms with van der Waals surface area (Å²) in [5.41, 5.74) is 2.99. The normalized spacial score (nSPS) is 11.2. The van der Waals surface area contributed by atoms with Crippen molar-refractivity contribution in [2.24, 2.45) is 0 Å². The molecule has 0 aliphatic heterocycles. The lowest BCUT2D eigenvalue weighted by atomic mass is 10.0. The number of aliphatic hydroxyl groups excluding tert-OH is 1. The molecule has 3 rings (SSSR count). The summed E-state index contributed by atoms with van der Waals surface area (Å²) in [6.45, 7) is 1.53. The number of aromatic nitrogens is 1. The van der Waals surface area contributed by atoms with Crippen LogP contribution in [-0.2, 0) is 0 Å². The highest BCUT2D eigenvalue weighted by Gasteiger charge is 2.18. The van der Waals surface area contributed by atoms with Gasteiger partial charge in [0, 0.05) is 30.2 Å². The molecule has 0 unspecified atom stereocenters. The molecule has 0 bridgehead atoms. The molecule has 1 N–H and O–H groups in total. The maximum absolute atomic E-state index is 12.5. The highest BCUT2D eigenvalue weighted by atomic mass is 16.3. The number of carbonyl (C=O) groups is 2. The Balaban J connectivity index is 2.29. The van der Waals surface area contributed by atoms with E-state index < -0.39 is 0 Å². The van der Waals surface area contributed by atoms with Crippen molar-refractivity contribution in [3.8, 4) is 0 Å². The van der Waals surface area contributed by atoms with Crippen LogP contribution >= 0.6 is 0 Å². The summed E-state index contributed by atoms with van der Waals surface area (Å²) in [6, 6.07) is 11.2. The van der Waals surface area contributed by atoms with Crippen molar-refractivity contribution in [3.63, 3.8) is 0 Å². The standard InChI is InChI=1S/C18H17NO3/c1-12(21)13-8-9-16-18(17(22)7-4-10-20)14-5-2-3-6-15(14)19(16)11-13/h2-3,5-6,8-9,11,20H,4,7,10H2,1H3.